The second-order valence-electron chi connectivity index (χ2n) is 11.9. The fraction of sp³-hybridized carbons (Fsp3) is 0.471. The Morgan fingerprint density at radius 3 is 2.73 bits per heavy atom. The molecule has 0 spiro atoms. The summed E-state index contributed by atoms with van der Waals surface area (Å²) in [7, 11) is 0. The van der Waals surface area contributed by atoms with Crippen molar-refractivity contribution in [2.24, 2.45) is 0 Å². The summed E-state index contributed by atoms with van der Waals surface area (Å²) < 4.78 is 12.4. The number of aromatic nitrogens is 2. The topological polar surface area (TPSA) is 75.4 Å². The molecule has 2 aromatic carbocycles. The molecule has 0 bridgehead atoms. The van der Waals surface area contributed by atoms with Gasteiger partial charge in [0, 0.05) is 42.8 Å². The van der Waals surface area contributed by atoms with Crippen molar-refractivity contribution in [3.8, 4) is 6.01 Å². The van der Waals surface area contributed by atoms with Gasteiger partial charge < -0.3 is 29.0 Å². The van der Waals surface area contributed by atoms with Crippen LogP contribution in [0.15, 0.2) is 49.1 Å². The molecule has 1 saturated carbocycles. The Morgan fingerprint density at radius 2 is 1.95 bits per heavy atom. The van der Waals surface area contributed by atoms with Gasteiger partial charge in [0.2, 0.25) is 12.5 Å². The molecule has 6 rings (SSSR count). The molecule has 10 heteroatoms. The smallest absolute Gasteiger partial charge is 0.319 e. The molecule has 2 aliphatic heterocycles. The van der Waals surface area contributed by atoms with Gasteiger partial charge in [-0.1, -0.05) is 55.3 Å². The molecule has 1 saturated heterocycles. The summed E-state index contributed by atoms with van der Waals surface area (Å²) in [6, 6.07) is 12.3. The minimum Gasteiger partial charge on any atom is -0.458 e. The Bertz CT molecular complexity index is 1560. The first-order chi connectivity index (χ1) is 21.4. The van der Waals surface area contributed by atoms with Crippen molar-refractivity contribution >= 4 is 39.8 Å². The van der Waals surface area contributed by atoms with Gasteiger partial charge in [0.1, 0.15) is 18.0 Å². The number of rotatable bonds is 9. The number of piperazine rings is 1. The molecule has 3 aliphatic rings. The number of halogens is 1. The van der Waals surface area contributed by atoms with Crippen LogP contribution in [0.1, 0.15) is 43.9 Å². The van der Waals surface area contributed by atoms with Crippen LogP contribution in [-0.2, 0) is 22.5 Å². The third-order valence-corrected chi connectivity index (χ3v) is 9.23. The Morgan fingerprint density at radius 1 is 1.16 bits per heavy atom. The SMILES string of the molecule is [C-]#[N+]C[C@H]1CN(c2nc(O[C@@H](C)COC3CCCC3)nc3c2CCN(c2cccc4cccc(Cl)c24)C3)CCN1C(=O)C=C. The third-order valence-electron chi connectivity index (χ3n) is 8.91. The molecule has 9 nitrogen and oxygen atoms in total. The van der Waals surface area contributed by atoms with Gasteiger partial charge in [-0.3, -0.25) is 4.79 Å². The van der Waals surface area contributed by atoms with Crippen LogP contribution in [0.5, 0.6) is 6.01 Å². The molecule has 44 heavy (non-hydrogen) atoms. The van der Waals surface area contributed by atoms with Crippen LogP contribution < -0.4 is 14.5 Å². The normalized spacial score (nSPS) is 19.5. The monoisotopic (exact) mass is 614 g/mol. The summed E-state index contributed by atoms with van der Waals surface area (Å²) >= 11 is 6.71. The summed E-state index contributed by atoms with van der Waals surface area (Å²) in [6.07, 6.45) is 6.80. The van der Waals surface area contributed by atoms with Gasteiger partial charge in [-0.15, -0.1) is 0 Å². The highest BCUT2D eigenvalue weighted by Gasteiger charge is 2.35. The molecule has 2 fully saturated rings. The lowest BCUT2D eigenvalue weighted by Crippen LogP contribution is -2.56. The highest BCUT2D eigenvalue weighted by molar-refractivity contribution is 6.36. The van der Waals surface area contributed by atoms with Gasteiger partial charge in [-0.25, -0.2) is 6.57 Å². The van der Waals surface area contributed by atoms with E-state index in [4.69, 9.17) is 37.6 Å². The maximum absolute atomic E-state index is 12.6. The summed E-state index contributed by atoms with van der Waals surface area (Å²) in [6.45, 7) is 16.8. The zero-order valence-electron chi connectivity index (χ0n) is 25.3. The fourth-order valence-electron chi connectivity index (χ4n) is 6.71. The zero-order valence-corrected chi connectivity index (χ0v) is 26.0. The number of hydrogen-bond acceptors (Lipinski definition) is 7. The van der Waals surface area contributed by atoms with Gasteiger partial charge >= 0.3 is 6.01 Å². The van der Waals surface area contributed by atoms with E-state index in [1.165, 1.54) is 18.9 Å². The highest BCUT2D eigenvalue weighted by Crippen LogP contribution is 2.37. The van der Waals surface area contributed by atoms with Crippen LogP contribution in [0.3, 0.4) is 0 Å². The van der Waals surface area contributed by atoms with E-state index in [-0.39, 0.29) is 24.6 Å². The van der Waals surface area contributed by atoms with E-state index in [0.29, 0.717) is 44.9 Å². The van der Waals surface area contributed by atoms with Crippen molar-refractivity contribution in [1.29, 1.82) is 0 Å². The fourth-order valence-corrected chi connectivity index (χ4v) is 6.98. The molecule has 2 atom stereocenters. The second kappa shape index (κ2) is 13.4. The number of amides is 1. The van der Waals surface area contributed by atoms with Gasteiger partial charge in [0.05, 0.1) is 30.0 Å². The van der Waals surface area contributed by atoms with E-state index >= 15 is 0 Å². The first-order valence-corrected chi connectivity index (χ1v) is 15.9. The predicted molar refractivity (Wildman–Crippen MR) is 173 cm³/mol. The number of benzene rings is 2. The van der Waals surface area contributed by atoms with E-state index in [1.54, 1.807) is 4.90 Å². The first kappa shape index (κ1) is 30.2. The quantitative estimate of drug-likeness (QED) is 0.226. The molecule has 0 N–H and O–H groups in total. The van der Waals surface area contributed by atoms with Crippen LogP contribution in [0.2, 0.25) is 5.02 Å². The molecule has 0 radical (unpaired) electrons. The van der Waals surface area contributed by atoms with E-state index in [1.807, 2.05) is 19.1 Å². The van der Waals surface area contributed by atoms with Crippen molar-refractivity contribution in [3.63, 3.8) is 0 Å². The number of carbonyl (C=O) groups excluding carboxylic acids is 1. The summed E-state index contributed by atoms with van der Waals surface area (Å²) in [5.41, 5.74) is 3.07. The molecule has 3 aromatic rings. The first-order valence-electron chi connectivity index (χ1n) is 15.6. The lowest BCUT2D eigenvalue weighted by molar-refractivity contribution is -0.128. The third kappa shape index (κ3) is 6.33. The Kier molecular flexibility index (Phi) is 9.20. The summed E-state index contributed by atoms with van der Waals surface area (Å²) in [4.78, 5) is 32.4. The summed E-state index contributed by atoms with van der Waals surface area (Å²) in [5, 5.41) is 2.86. The molecular weight excluding hydrogens is 576 g/mol. The zero-order chi connectivity index (χ0) is 30.6. The van der Waals surface area contributed by atoms with Gasteiger partial charge in [-0.05, 0) is 49.8 Å². The van der Waals surface area contributed by atoms with E-state index in [2.05, 4.69) is 45.5 Å². The molecule has 1 aliphatic carbocycles. The van der Waals surface area contributed by atoms with Crippen LogP contribution in [-0.4, -0.2) is 78.4 Å². The van der Waals surface area contributed by atoms with Gasteiger partial charge in [0.25, 0.3) is 0 Å². The number of ether oxygens (including phenoxy) is 2. The standard InChI is InChI=1S/C34H39ClN6O3/c1-4-31(42)41-18-17-40(20-25(41)19-36-3)33-27-15-16-39(30-14-8-10-24-9-7-13-28(35)32(24)30)21-29(27)37-34(38-33)44-23(2)22-43-26-11-5-6-12-26/h4,7-10,13-14,23,25-26H,1,5-6,11-12,15-22H2,2H3/t23-,25-/m0/s1. The van der Waals surface area contributed by atoms with Crippen molar-refractivity contribution in [3.05, 3.63) is 76.8 Å². The Balaban J connectivity index is 1.31. The average molecular weight is 615 g/mol. The van der Waals surface area contributed by atoms with Crippen LogP contribution in [0, 0.1) is 6.57 Å². The molecule has 1 amide bonds. The number of carbonyl (C=O) groups is 1. The van der Waals surface area contributed by atoms with Crippen LogP contribution in [0.4, 0.5) is 11.5 Å². The van der Waals surface area contributed by atoms with Gasteiger partial charge in [-0.2, -0.15) is 9.97 Å². The van der Waals surface area contributed by atoms with Crippen LogP contribution >= 0.6 is 11.6 Å². The maximum Gasteiger partial charge on any atom is 0.319 e. The van der Waals surface area contributed by atoms with Crippen LogP contribution in [0.25, 0.3) is 15.6 Å². The lowest BCUT2D eigenvalue weighted by Gasteiger charge is -2.41. The Labute approximate surface area is 264 Å². The van der Waals surface area contributed by atoms with Crippen molar-refractivity contribution in [1.82, 2.24) is 14.9 Å². The molecule has 3 heterocycles. The van der Waals surface area contributed by atoms with E-state index < -0.39 is 0 Å². The predicted octanol–water partition coefficient (Wildman–Crippen LogP) is 5.69. The van der Waals surface area contributed by atoms with E-state index in [0.717, 1.165) is 64.4 Å². The molecular formula is C34H39ClN6O3. The second-order valence-corrected chi connectivity index (χ2v) is 12.3. The minimum atomic E-state index is -0.251. The molecule has 230 valence electrons. The number of anilines is 2. The number of hydrogen-bond donors (Lipinski definition) is 0. The lowest BCUT2D eigenvalue weighted by atomic mass is 10.0. The largest absolute Gasteiger partial charge is 0.458 e. The number of fused-ring (bicyclic) bond motifs is 2. The van der Waals surface area contributed by atoms with Gasteiger partial charge in [0.15, 0.2) is 0 Å². The average Bonchev–Trinajstić information content (AvgIpc) is 3.57. The maximum atomic E-state index is 12.6. The van der Waals surface area contributed by atoms with E-state index in [9.17, 15) is 4.79 Å². The minimum absolute atomic E-state index is 0.146. The number of nitrogens with zero attached hydrogens (tertiary/aromatic N) is 6. The Hall–Kier alpha value is -3.87. The van der Waals surface area contributed by atoms with Crippen molar-refractivity contribution in [2.45, 2.75) is 63.8 Å². The molecule has 1 aromatic heterocycles. The van der Waals surface area contributed by atoms with Crippen molar-refractivity contribution in [2.75, 3.05) is 49.1 Å². The summed E-state index contributed by atoms with van der Waals surface area (Å²) in [5.74, 6) is 0.678. The molecule has 0 unspecified atom stereocenters. The highest BCUT2D eigenvalue weighted by atomic mass is 35.5. The van der Waals surface area contributed by atoms with Crippen molar-refractivity contribution < 1.29 is 14.3 Å².